The van der Waals surface area contributed by atoms with Crippen molar-refractivity contribution >= 4 is 11.8 Å². The van der Waals surface area contributed by atoms with Gasteiger partial charge in [0, 0.05) is 19.0 Å². The first-order chi connectivity index (χ1) is 9.29. The highest BCUT2D eigenvalue weighted by molar-refractivity contribution is 7.99. The van der Waals surface area contributed by atoms with Crippen molar-refractivity contribution in [3.8, 4) is 0 Å². The van der Waals surface area contributed by atoms with Crippen LogP contribution >= 0.6 is 11.8 Å². The monoisotopic (exact) mass is 285 g/mol. The number of hydrogen-bond acceptors (Lipinski definition) is 6. The first-order valence-electron chi connectivity index (χ1n) is 6.98. The van der Waals surface area contributed by atoms with Crippen LogP contribution in [0.25, 0.3) is 0 Å². The molecule has 0 amide bonds. The molecule has 1 aromatic rings. The maximum Gasteiger partial charge on any atom is 0.243 e. The molecular weight excluding hydrogens is 262 g/mol. The Morgan fingerprint density at radius 3 is 3.00 bits per heavy atom. The van der Waals surface area contributed by atoms with Crippen molar-refractivity contribution in [2.24, 2.45) is 5.73 Å². The molecule has 1 aliphatic carbocycles. The molecule has 0 aromatic carbocycles. The average Bonchev–Trinajstić information content (AvgIpc) is 3.08. The van der Waals surface area contributed by atoms with Gasteiger partial charge in [-0.3, -0.25) is 0 Å². The number of nitrogens with zero attached hydrogens (tertiary/aromatic N) is 2. The lowest BCUT2D eigenvalue weighted by Crippen LogP contribution is -2.11. The van der Waals surface area contributed by atoms with Crippen molar-refractivity contribution in [1.29, 1.82) is 0 Å². The Hall–Kier alpha value is -0.590. The first kappa shape index (κ1) is 14.8. The summed E-state index contributed by atoms with van der Waals surface area (Å²) >= 11 is 1.94. The van der Waals surface area contributed by atoms with Crippen molar-refractivity contribution in [2.75, 3.05) is 13.7 Å². The topological polar surface area (TPSA) is 74.2 Å². The Kier molecular flexibility index (Phi) is 6.13. The normalized spacial score (nSPS) is 18.0. The van der Waals surface area contributed by atoms with Crippen LogP contribution in [0.15, 0.2) is 4.52 Å². The van der Waals surface area contributed by atoms with E-state index >= 15 is 0 Å². The molecule has 5 nitrogen and oxygen atoms in total. The zero-order chi connectivity index (χ0) is 13.5. The maximum absolute atomic E-state index is 6.01. The third-order valence-electron chi connectivity index (χ3n) is 3.41. The Balaban J connectivity index is 1.74. The molecule has 0 radical (unpaired) electrons. The van der Waals surface area contributed by atoms with E-state index in [1.807, 2.05) is 11.8 Å². The quantitative estimate of drug-likeness (QED) is 0.740. The molecule has 6 heteroatoms. The summed E-state index contributed by atoms with van der Waals surface area (Å²) in [6, 6.07) is -0.173. The van der Waals surface area contributed by atoms with Crippen molar-refractivity contribution in [3.63, 3.8) is 0 Å². The summed E-state index contributed by atoms with van der Waals surface area (Å²) in [5, 5.41) is 4.78. The minimum atomic E-state index is -0.173. The highest BCUT2D eigenvalue weighted by Crippen LogP contribution is 2.31. The number of hydrogen-bond donors (Lipinski definition) is 1. The van der Waals surface area contributed by atoms with Crippen LogP contribution in [-0.4, -0.2) is 29.1 Å². The molecule has 1 atom stereocenters. The van der Waals surface area contributed by atoms with Gasteiger partial charge in [-0.1, -0.05) is 18.0 Å². The van der Waals surface area contributed by atoms with Gasteiger partial charge in [-0.15, -0.1) is 0 Å². The van der Waals surface area contributed by atoms with Gasteiger partial charge in [0.15, 0.2) is 5.82 Å². The Bertz CT molecular complexity index is 367. The number of nitrogens with two attached hydrogens (primary N) is 1. The van der Waals surface area contributed by atoms with E-state index in [0.717, 1.165) is 29.7 Å². The van der Waals surface area contributed by atoms with Gasteiger partial charge in [-0.05, 0) is 25.7 Å². The van der Waals surface area contributed by atoms with E-state index in [4.69, 9.17) is 15.0 Å². The number of aromatic nitrogens is 2. The summed E-state index contributed by atoms with van der Waals surface area (Å²) in [5.74, 6) is 2.16. The molecule has 0 bridgehead atoms. The number of thioether (sulfide) groups is 1. The van der Waals surface area contributed by atoms with Crippen LogP contribution in [0.1, 0.15) is 56.3 Å². The van der Waals surface area contributed by atoms with E-state index in [0.29, 0.717) is 12.5 Å². The summed E-state index contributed by atoms with van der Waals surface area (Å²) in [4.78, 5) is 4.39. The van der Waals surface area contributed by atoms with Crippen LogP contribution in [0.5, 0.6) is 0 Å². The standard InChI is InChI=1S/C13H23N3O2S/c1-17-8-4-7-11(14)13-15-12(16-18-13)9-19-10-5-2-3-6-10/h10-11H,2-9,14H2,1H3. The predicted molar refractivity (Wildman–Crippen MR) is 75.9 cm³/mol. The highest BCUT2D eigenvalue weighted by atomic mass is 32.2. The van der Waals surface area contributed by atoms with E-state index in [1.54, 1.807) is 7.11 Å². The molecule has 1 unspecified atom stereocenters. The molecule has 0 spiro atoms. The minimum Gasteiger partial charge on any atom is -0.385 e. The summed E-state index contributed by atoms with van der Waals surface area (Å²) in [6.07, 6.45) is 7.09. The molecule has 1 heterocycles. The van der Waals surface area contributed by atoms with Gasteiger partial charge in [-0.25, -0.2) is 0 Å². The van der Waals surface area contributed by atoms with Crippen LogP contribution in [-0.2, 0) is 10.5 Å². The van der Waals surface area contributed by atoms with Gasteiger partial charge in [0.1, 0.15) is 0 Å². The lowest BCUT2D eigenvalue weighted by Gasteiger charge is -2.06. The SMILES string of the molecule is COCCCC(N)c1nc(CSC2CCCC2)no1. The van der Waals surface area contributed by atoms with Crippen LogP contribution in [0.2, 0.25) is 0 Å². The average molecular weight is 285 g/mol. The van der Waals surface area contributed by atoms with Gasteiger partial charge in [0.2, 0.25) is 5.89 Å². The largest absolute Gasteiger partial charge is 0.385 e. The molecule has 1 aromatic heterocycles. The zero-order valence-corrected chi connectivity index (χ0v) is 12.3. The molecule has 1 fully saturated rings. The van der Waals surface area contributed by atoms with Crippen molar-refractivity contribution in [2.45, 2.75) is 55.6 Å². The number of methoxy groups -OCH3 is 1. The van der Waals surface area contributed by atoms with Gasteiger partial charge in [0.05, 0.1) is 11.8 Å². The van der Waals surface area contributed by atoms with Gasteiger partial charge in [0.25, 0.3) is 0 Å². The molecular formula is C13H23N3O2S. The molecule has 1 aliphatic rings. The molecule has 108 valence electrons. The third-order valence-corrected chi connectivity index (χ3v) is 4.78. The van der Waals surface area contributed by atoms with Crippen LogP contribution in [0.4, 0.5) is 0 Å². The van der Waals surface area contributed by atoms with Crippen molar-refractivity contribution < 1.29 is 9.26 Å². The van der Waals surface area contributed by atoms with E-state index < -0.39 is 0 Å². The summed E-state index contributed by atoms with van der Waals surface area (Å²) < 4.78 is 10.2. The zero-order valence-electron chi connectivity index (χ0n) is 11.5. The van der Waals surface area contributed by atoms with Crippen molar-refractivity contribution in [3.05, 3.63) is 11.7 Å². The molecule has 0 saturated heterocycles. The molecule has 0 aliphatic heterocycles. The fourth-order valence-corrected chi connectivity index (χ4v) is 3.46. The molecule has 19 heavy (non-hydrogen) atoms. The first-order valence-corrected chi connectivity index (χ1v) is 8.03. The van der Waals surface area contributed by atoms with Gasteiger partial charge in [-0.2, -0.15) is 16.7 Å². The van der Waals surface area contributed by atoms with E-state index in [2.05, 4.69) is 10.1 Å². The van der Waals surface area contributed by atoms with E-state index in [1.165, 1.54) is 25.7 Å². The summed E-state index contributed by atoms with van der Waals surface area (Å²) in [6.45, 7) is 0.715. The highest BCUT2D eigenvalue weighted by Gasteiger charge is 2.18. The molecule has 1 saturated carbocycles. The molecule has 2 rings (SSSR count). The van der Waals surface area contributed by atoms with Crippen LogP contribution in [0, 0.1) is 0 Å². The lowest BCUT2D eigenvalue weighted by molar-refractivity contribution is 0.188. The minimum absolute atomic E-state index is 0.173. The summed E-state index contributed by atoms with van der Waals surface area (Å²) in [5.41, 5.74) is 6.01. The van der Waals surface area contributed by atoms with Crippen LogP contribution < -0.4 is 5.73 Å². The van der Waals surface area contributed by atoms with Gasteiger partial charge >= 0.3 is 0 Å². The second-order valence-corrected chi connectivity index (χ2v) is 6.30. The summed E-state index contributed by atoms with van der Waals surface area (Å²) in [7, 11) is 1.69. The second-order valence-electron chi connectivity index (χ2n) is 5.01. The fourth-order valence-electron chi connectivity index (χ4n) is 2.30. The van der Waals surface area contributed by atoms with E-state index in [9.17, 15) is 0 Å². The second kappa shape index (κ2) is 7.87. The Morgan fingerprint density at radius 1 is 1.47 bits per heavy atom. The predicted octanol–water partition coefficient (Wildman–Crippen LogP) is 2.67. The van der Waals surface area contributed by atoms with Crippen LogP contribution in [0.3, 0.4) is 0 Å². The molecule has 2 N–H and O–H groups in total. The van der Waals surface area contributed by atoms with Gasteiger partial charge < -0.3 is 15.0 Å². The number of ether oxygens (including phenoxy) is 1. The third kappa shape index (κ3) is 4.78. The Morgan fingerprint density at radius 2 is 2.26 bits per heavy atom. The number of rotatable bonds is 8. The Labute approximate surface area is 118 Å². The smallest absolute Gasteiger partial charge is 0.243 e. The van der Waals surface area contributed by atoms with E-state index in [-0.39, 0.29) is 6.04 Å². The fraction of sp³-hybridized carbons (Fsp3) is 0.846. The lowest BCUT2D eigenvalue weighted by atomic mass is 10.2. The maximum atomic E-state index is 6.01. The van der Waals surface area contributed by atoms with Crippen molar-refractivity contribution in [1.82, 2.24) is 10.1 Å².